The molecule has 0 aromatic heterocycles. The van der Waals surface area contributed by atoms with Gasteiger partial charge in [0.15, 0.2) is 0 Å². The van der Waals surface area contributed by atoms with Crippen LogP contribution in [0, 0.1) is 0 Å². The largest absolute Gasteiger partial charge is 0.339 e. The highest BCUT2D eigenvalue weighted by molar-refractivity contribution is 7.98. The first-order valence-corrected chi connectivity index (χ1v) is 13.2. The fourth-order valence-corrected chi connectivity index (χ4v) is 6.77. The molecule has 4 rings (SSSR count). The SMILES string of the molecule is CSc1ccc(S(=O)(=O)N2c3ccccc3CC2C)cc1C(=O)N1CCCCCC1. The summed E-state index contributed by atoms with van der Waals surface area (Å²) in [5.41, 5.74) is 2.26. The number of para-hydroxylation sites is 1. The molecule has 0 aliphatic carbocycles. The van der Waals surface area contributed by atoms with Crippen molar-refractivity contribution in [3.8, 4) is 0 Å². The normalized spacial score (nSPS) is 19.5. The molecule has 30 heavy (non-hydrogen) atoms. The molecule has 5 nitrogen and oxygen atoms in total. The number of benzene rings is 2. The van der Waals surface area contributed by atoms with E-state index in [2.05, 4.69) is 0 Å². The Morgan fingerprint density at radius 3 is 2.43 bits per heavy atom. The maximum Gasteiger partial charge on any atom is 0.264 e. The van der Waals surface area contributed by atoms with Crippen LogP contribution >= 0.6 is 11.8 Å². The van der Waals surface area contributed by atoms with Crippen LogP contribution < -0.4 is 4.31 Å². The molecule has 2 aliphatic rings. The van der Waals surface area contributed by atoms with Gasteiger partial charge in [0.1, 0.15) is 0 Å². The van der Waals surface area contributed by atoms with E-state index in [1.165, 1.54) is 16.1 Å². The fraction of sp³-hybridized carbons (Fsp3) is 0.435. The number of likely N-dealkylation sites (tertiary alicyclic amines) is 1. The van der Waals surface area contributed by atoms with E-state index in [9.17, 15) is 13.2 Å². The van der Waals surface area contributed by atoms with Crippen molar-refractivity contribution in [2.75, 3.05) is 23.7 Å². The van der Waals surface area contributed by atoms with E-state index < -0.39 is 10.0 Å². The predicted molar refractivity (Wildman–Crippen MR) is 122 cm³/mol. The number of hydrogen-bond acceptors (Lipinski definition) is 4. The van der Waals surface area contributed by atoms with Crippen LogP contribution in [0.4, 0.5) is 5.69 Å². The maximum absolute atomic E-state index is 13.6. The Kier molecular flexibility index (Phi) is 6.11. The average molecular weight is 445 g/mol. The van der Waals surface area contributed by atoms with Crippen molar-refractivity contribution in [3.05, 3.63) is 53.6 Å². The third-order valence-electron chi connectivity index (χ3n) is 6.00. The summed E-state index contributed by atoms with van der Waals surface area (Å²) < 4.78 is 28.7. The zero-order chi connectivity index (χ0) is 21.3. The molecule has 1 unspecified atom stereocenters. The molecular formula is C23H28N2O3S2. The highest BCUT2D eigenvalue weighted by atomic mass is 32.2. The second kappa shape index (κ2) is 8.63. The van der Waals surface area contributed by atoms with Gasteiger partial charge >= 0.3 is 0 Å². The third-order valence-corrected chi connectivity index (χ3v) is 8.72. The number of carbonyl (C=O) groups is 1. The van der Waals surface area contributed by atoms with Crippen molar-refractivity contribution >= 4 is 33.4 Å². The van der Waals surface area contributed by atoms with Gasteiger partial charge in [-0.2, -0.15) is 0 Å². The Balaban J connectivity index is 1.73. The van der Waals surface area contributed by atoms with E-state index in [4.69, 9.17) is 0 Å². The summed E-state index contributed by atoms with van der Waals surface area (Å²) in [5.74, 6) is -0.0619. The summed E-state index contributed by atoms with van der Waals surface area (Å²) >= 11 is 1.48. The van der Waals surface area contributed by atoms with Crippen LogP contribution in [0.3, 0.4) is 0 Å². The first kappa shape index (κ1) is 21.2. The topological polar surface area (TPSA) is 57.7 Å². The minimum atomic E-state index is -3.77. The molecule has 0 bridgehead atoms. The van der Waals surface area contributed by atoms with Gasteiger partial charge in [-0.05, 0) is 62.3 Å². The second-order valence-corrected chi connectivity index (χ2v) is 10.7. The molecule has 2 aromatic rings. The van der Waals surface area contributed by atoms with E-state index >= 15 is 0 Å². The molecule has 0 saturated carbocycles. The molecular weight excluding hydrogens is 416 g/mol. The van der Waals surface area contributed by atoms with Crippen molar-refractivity contribution in [1.82, 2.24) is 4.90 Å². The lowest BCUT2D eigenvalue weighted by molar-refractivity contribution is 0.0758. The van der Waals surface area contributed by atoms with Crippen molar-refractivity contribution in [3.63, 3.8) is 0 Å². The molecule has 0 radical (unpaired) electrons. The number of amides is 1. The van der Waals surface area contributed by atoms with Gasteiger partial charge in [0.25, 0.3) is 15.9 Å². The molecule has 1 fully saturated rings. The van der Waals surface area contributed by atoms with Crippen molar-refractivity contribution < 1.29 is 13.2 Å². The summed E-state index contributed by atoms with van der Waals surface area (Å²) in [4.78, 5) is 16.2. The number of nitrogens with zero attached hydrogens (tertiary/aromatic N) is 2. The first-order valence-electron chi connectivity index (χ1n) is 10.5. The molecule has 1 atom stereocenters. The molecule has 2 aliphatic heterocycles. The van der Waals surface area contributed by atoms with E-state index in [1.807, 2.05) is 42.3 Å². The molecule has 160 valence electrons. The monoisotopic (exact) mass is 444 g/mol. The number of hydrogen-bond donors (Lipinski definition) is 0. The van der Waals surface area contributed by atoms with Crippen LogP contribution in [0.5, 0.6) is 0 Å². The summed E-state index contributed by atoms with van der Waals surface area (Å²) in [5, 5.41) is 0. The van der Waals surface area contributed by atoms with Gasteiger partial charge in [-0.15, -0.1) is 11.8 Å². The number of anilines is 1. The summed E-state index contributed by atoms with van der Waals surface area (Å²) in [7, 11) is -3.77. The van der Waals surface area contributed by atoms with Crippen LogP contribution in [-0.4, -0.2) is 44.6 Å². The van der Waals surface area contributed by atoms with Gasteiger partial charge < -0.3 is 4.90 Å². The van der Waals surface area contributed by atoms with Crippen molar-refractivity contribution in [2.24, 2.45) is 0 Å². The predicted octanol–water partition coefficient (Wildman–Crippen LogP) is 4.56. The van der Waals surface area contributed by atoms with E-state index in [0.717, 1.165) is 54.9 Å². The Bertz CT molecular complexity index is 1040. The lowest BCUT2D eigenvalue weighted by atomic mass is 10.1. The summed E-state index contributed by atoms with van der Waals surface area (Å²) in [6.07, 6.45) is 6.89. The van der Waals surface area contributed by atoms with Gasteiger partial charge in [0.2, 0.25) is 0 Å². The van der Waals surface area contributed by atoms with Gasteiger partial charge in [0, 0.05) is 24.0 Å². The third kappa shape index (κ3) is 3.85. The molecule has 2 heterocycles. The molecule has 1 saturated heterocycles. The number of fused-ring (bicyclic) bond motifs is 1. The Morgan fingerprint density at radius 2 is 1.73 bits per heavy atom. The number of thioether (sulfide) groups is 1. The fourth-order valence-electron chi connectivity index (χ4n) is 4.48. The lowest BCUT2D eigenvalue weighted by Gasteiger charge is -2.26. The number of carbonyl (C=O) groups excluding carboxylic acids is 1. The zero-order valence-electron chi connectivity index (χ0n) is 17.5. The first-order chi connectivity index (χ1) is 14.4. The van der Waals surface area contributed by atoms with Crippen molar-refractivity contribution in [2.45, 2.75) is 54.9 Å². The van der Waals surface area contributed by atoms with E-state index in [-0.39, 0.29) is 16.8 Å². The van der Waals surface area contributed by atoms with Gasteiger partial charge in [-0.1, -0.05) is 31.0 Å². The van der Waals surface area contributed by atoms with Crippen molar-refractivity contribution in [1.29, 1.82) is 0 Å². The molecule has 0 N–H and O–H groups in total. The van der Waals surface area contributed by atoms with E-state index in [0.29, 0.717) is 12.0 Å². The number of sulfonamides is 1. The summed E-state index contributed by atoms with van der Waals surface area (Å²) in [6.45, 7) is 3.40. The van der Waals surface area contributed by atoms with Crippen LogP contribution in [0.25, 0.3) is 0 Å². The number of rotatable bonds is 4. The maximum atomic E-state index is 13.6. The van der Waals surface area contributed by atoms with Crippen LogP contribution in [0.2, 0.25) is 0 Å². The Hall–Kier alpha value is -1.99. The van der Waals surface area contributed by atoms with Crippen LogP contribution in [0.1, 0.15) is 48.5 Å². The van der Waals surface area contributed by atoms with Gasteiger partial charge in [-0.25, -0.2) is 8.42 Å². The molecule has 1 amide bonds. The molecule has 2 aromatic carbocycles. The van der Waals surface area contributed by atoms with Crippen LogP contribution in [-0.2, 0) is 16.4 Å². The minimum Gasteiger partial charge on any atom is -0.339 e. The van der Waals surface area contributed by atoms with Crippen LogP contribution in [0.15, 0.2) is 52.3 Å². The highest BCUT2D eigenvalue weighted by Crippen LogP contribution is 2.37. The average Bonchev–Trinajstić information content (AvgIpc) is 2.91. The minimum absolute atomic E-state index is 0.0619. The highest BCUT2D eigenvalue weighted by Gasteiger charge is 2.36. The standard InChI is InChI=1S/C23H28N2O3S2/c1-17-15-18-9-5-6-10-21(18)25(17)30(27,28)19-11-12-22(29-2)20(16-19)23(26)24-13-7-3-4-8-14-24/h5-6,9-12,16-17H,3-4,7-8,13-15H2,1-2H3. The Labute approximate surface area is 183 Å². The second-order valence-electron chi connectivity index (χ2n) is 8.05. The Morgan fingerprint density at radius 1 is 1.03 bits per heavy atom. The summed E-state index contributed by atoms with van der Waals surface area (Å²) in [6, 6.07) is 12.5. The molecule has 7 heteroatoms. The lowest BCUT2D eigenvalue weighted by Crippen LogP contribution is -2.36. The van der Waals surface area contributed by atoms with Gasteiger partial charge in [0.05, 0.1) is 16.1 Å². The molecule has 0 spiro atoms. The van der Waals surface area contributed by atoms with E-state index in [1.54, 1.807) is 18.2 Å². The smallest absolute Gasteiger partial charge is 0.264 e. The quantitative estimate of drug-likeness (QED) is 0.649. The zero-order valence-corrected chi connectivity index (χ0v) is 19.1. The van der Waals surface area contributed by atoms with Gasteiger partial charge in [-0.3, -0.25) is 9.10 Å².